The predicted octanol–water partition coefficient (Wildman–Crippen LogP) is 1.92. The number of aromatic nitrogens is 1. The van der Waals surface area contributed by atoms with Crippen molar-refractivity contribution in [3.63, 3.8) is 0 Å². The molecule has 7 heteroatoms. The third-order valence-corrected chi connectivity index (χ3v) is 1.95. The normalized spacial score (nSPS) is 11.4. The SMILES string of the molecule is Cc1cc(C)c(C(=N)N)c(OCC(F)(F)F)n1. The van der Waals surface area contributed by atoms with E-state index in [-0.39, 0.29) is 17.3 Å². The molecular weight excluding hydrogens is 235 g/mol. The van der Waals surface area contributed by atoms with Gasteiger partial charge in [0.1, 0.15) is 5.84 Å². The first-order valence-electron chi connectivity index (χ1n) is 4.73. The fourth-order valence-electron chi connectivity index (χ4n) is 1.38. The van der Waals surface area contributed by atoms with E-state index < -0.39 is 12.8 Å². The summed E-state index contributed by atoms with van der Waals surface area (Å²) < 4.78 is 40.7. The molecule has 0 aliphatic carbocycles. The van der Waals surface area contributed by atoms with Gasteiger partial charge in [-0.15, -0.1) is 0 Å². The molecule has 1 rings (SSSR count). The van der Waals surface area contributed by atoms with Gasteiger partial charge in [-0.3, -0.25) is 5.41 Å². The Morgan fingerprint density at radius 1 is 1.47 bits per heavy atom. The largest absolute Gasteiger partial charge is 0.467 e. The molecule has 0 spiro atoms. The molecule has 0 saturated carbocycles. The van der Waals surface area contributed by atoms with Crippen molar-refractivity contribution in [1.29, 1.82) is 5.41 Å². The van der Waals surface area contributed by atoms with E-state index in [1.807, 2.05) is 0 Å². The van der Waals surface area contributed by atoms with Gasteiger partial charge in [-0.05, 0) is 25.5 Å². The fourth-order valence-corrected chi connectivity index (χ4v) is 1.38. The van der Waals surface area contributed by atoms with Gasteiger partial charge in [0.25, 0.3) is 0 Å². The van der Waals surface area contributed by atoms with E-state index in [1.165, 1.54) is 0 Å². The molecule has 0 aliphatic rings. The molecule has 0 amide bonds. The third-order valence-electron chi connectivity index (χ3n) is 1.95. The van der Waals surface area contributed by atoms with Crippen LogP contribution in [-0.2, 0) is 0 Å². The number of pyridine rings is 1. The van der Waals surface area contributed by atoms with Crippen molar-refractivity contribution in [2.45, 2.75) is 20.0 Å². The molecule has 0 aliphatic heterocycles. The van der Waals surface area contributed by atoms with Crippen molar-refractivity contribution in [3.05, 3.63) is 22.9 Å². The Labute approximate surface area is 96.1 Å². The number of hydrogen-bond acceptors (Lipinski definition) is 3. The predicted molar refractivity (Wildman–Crippen MR) is 56.3 cm³/mol. The quantitative estimate of drug-likeness (QED) is 0.633. The fraction of sp³-hybridized carbons (Fsp3) is 0.400. The maximum absolute atomic E-state index is 12.0. The topological polar surface area (TPSA) is 72.0 Å². The zero-order valence-corrected chi connectivity index (χ0v) is 9.35. The van der Waals surface area contributed by atoms with E-state index in [0.29, 0.717) is 11.3 Å². The number of alkyl halides is 3. The Morgan fingerprint density at radius 2 is 2.06 bits per heavy atom. The lowest BCUT2D eigenvalue weighted by molar-refractivity contribution is -0.154. The van der Waals surface area contributed by atoms with Crippen LogP contribution in [0, 0.1) is 19.3 Å². The summed E-state index contributed by atoms with van der Waals surface area (Å²) in [5, 5.41) is 7.30. The number of nitrogens with zero attached hydrogens (tertiary/aromatic N) is 1. The van der Waals surface area contributed by atoms with Crippen molar-refractivity contribution in [2.75, 3.05) is 6.61 Å². The van der Waals surface area contributed by atoms with Crippen LogP contribution in [-0.4, -0.2) is 23.6 Å². The number of aryl methyl sites for hydroxylation is 2. The molecular formula is C10H12F3N3O. The molecule has 0 unspecified atom stereocenters. The zero-order chi connectivity index (χ0) is 13.2. The van der Waals surface area contributed by atoms with Gasteiger partial charge in [-0.1, -0.05) is 0 Å². The van der Waals surface area contributed by atoms with Crippen molar-refractivity contribution in [1.82, 2.24) is 4.98 Å². The summed E-state index contributed by atoms with van der Waals surface area (Å²) in [5.74, 6) is -0.625. The summed E-state index contributed by atoms with van der Waals surface area (Å²) in [6.45, 7) is 1.80. The molecule has 17 heavy (non-hydrogen) atoms. The minimum absolute atomic E-state index is 0.0971. The zero-order valence-electron chi connectivity index (χ0n) is 9.35. The number of nitrogens with two attached hydrogens (primary N) is 1. The minimum atomic E-state index is -4.45. The summed E-state index contributed by atoms with van der Waals surface area (Å²) in [6, 6.07) is 1.62. The molecule has 0 aromatic carbocycles. The molecule has 4 nitrogen and oxygen atoms in total. The highest BCUT2D eigenvalue weighted by Crippen LogP contribution is 2.23. The first-order valence-corrected chi connectivity index (χ1v) is 4.73. The number of halogens is 3. The second-order valence-electron chi connectivity index (χ2n) is 3.58. The number of amidine groups is 1. The summed E-state index contributed by atoms with van der Waals surface area (Å²) in [5.41, 5.74) is 6.45. The molecule has 1 aromatic heterocycles. The van der Waals surface area contributed by atoms with Gasteiger partial charge in [0.05, 0.1) is 5.56 Å². The van der Waals surface area contributed by atoms with E-state index in [4.69, 9.17) is 11.1 Å². The van der Waals surface area contributed by atoms with E-state index in [1.54, 1.807) is 19.9 Å². The molecule has 1 aromatic rings. The van der Waals surface area contributed by atoms with Crippen LogP contribution in [0.25, 0.3) is 0 Å². The first-order chi connectivity index (χ1) is 7.70. The van der Waals surface area contributed by atoms with Crippen LogP contribution >= 0.6 is 0 Å². The number of hydrogen-bond donors (Lipinski definition) is 2. The molecule has 0 fully saturated rings. The Kier molecular flexibility index (Phi) is 3.59. The molecule has 0 radical (unpaired) electrons. The summed E-state index contributed by atoms with van der Waals surface area (Å²) in [6.07, 6.45) is -4.45. The van der Waals surface area contributed by atoms with Crippen LogP contribution in [0.4, 0.5) is 13.2 Å². The Bertz CT molecular complexity index is 443. The Morgan fingerprint density at radius 3 is 2.53 bits per heavy atom. The van der Waals surface area contributed by atoms with Crippen molar-refractivity contribution >= 4 is 5.84 Å². The standard InChI is InChI=1S/C10H12F3N3O/c1-5-3-6(2)16-9(7(5)8(14)15)17-4-10(11,12)13/h3H,4H2,1-2H3,(H3,14,15). The van der Waals surface area contributed by atoms with Crippen LogP contribution in [0.15, 0.2) is 6.07 Å². The van der Waals surface area contributed by atoms with Crippen LogP contribution < -0.4 is 10.5 Å². The lowest BCUT2D eigenvalue weighted by Gasteiger charge is -2.14. The van der Waals surface area contributed by atoms with Gasteiger partial charge >= 0.3 is 6.18 Å². The van der Waals surface area contributed by atoms with Gasteiger partial charge in [0, 0.05) is 5.69 Å². The van der Waals surface area contributed by atoms with Crippen LogP contribution in [0.2, 0.25) is 0 Å². The Balaban J connectivity index is 3.09. The van der Waals surface area contributed by atoms with E-state index in [9.17, 15) is 13.2 Å². The highest BCUT2D eigenvalue weighted by atomic mass is 19.4. The molecule has 1 heterocycles. The average molecular weight is 247 g/mol. The molecule has 3 N–H and O–H groups in total. The maximum Gasteiger partial charge on any atom is 0.422 e. The van der Waals surface area contributed by atoms with E-state index >= 15 is 0 Å². The smallest absolute Gasteiger partial charge is 0.422 e. The van der Waals surface area contributed by atoms with Crippen LogP contribution in [0.5, 0.6) is 5.88 Å². The second-order valence-corrected chi connectivity index (χ2v) is 3.58. The first kappa shape index (κ1) is 13.3. The average Bonchev–Trinajstić information content (AvgIpc) is 2.11. The molecule has 0 bridgehead atoms. The maximum atomic E-state index is 12.0. The number of nitrogen functional groups attached to an aromatic ring is 1. The summed E-state index contributed by atoms with van der Waals surface area (Å²) >= 11 is 0. The van der Waals surface area contributed by atoms with Gasteiger partial charge in [-0.25, -0.2) is 4.98 Å². The van der Waals surface area contributed by atoms with Gasteiger partial charge < -0.3 is 10.5 Å². The molecule has 0 atom stereocenters. The monoisotopic (exact) mass is 247 g/mol. The highest BCUT2D eigenvalue weighted by Gasteiger charge is 2.29. The van der Waals surface area contributed by atoms with Crippen molar-refractivity contribution in [2.24, 2.45) is 5.73 Å². The van der Waals surface area contributed by atoms with E-state index in [0.717, 1.165) is 0 Å². The van der Waals surface area contributed by atoms with Crippen LogP contribution in [0.3, 0.4) is 0 Å². The highest BCUT2D eigenvalue weighted by molar-refractivity contribution is 5.98. The van der Waals surface area contributed by atoms with Crippen LogP contribution in [0.1, 0.15) is 16.8 Å². The lowest BCUT2D eigenvalue weighted by Crippen LogP contribution is -2.23. The Hall–Kier alpha value is -1.79. The van der Waals surface area contributed by atoms with Gasteiger partial charge in [0.15, 0.2) is 6.61 Å². The number of nitrogens with one attached hydrogen (secondary N) is 1. The van der Waals surface area contributed by atoms with Crippen molar-refractivity contribution in [3.8, 4) is 5.88 Å². The van der Waals surface area contributed by atoms with Gasteiger partial charge in [0.2, 0.25) is 5.88 Å². The molecule has 0 saturated heterocycles. The lowest BCUT2D eigenvalue weighted by atomic mass is 10.1. The van der Waals surface area contributed by atoms with E-state index in [2.05, 4.69) is 9.72 Å². The third kappa shape index (κ3) is 3.61. The second kappa shape index (κ2) is 4.60. The van der Waals surface area contributed by atoms with Gasteiger partial charge in [-0.2, -0.15) is 13.2 Å². The summed E-state index contributed by atoms with van der Waals surface area (Å²) in [7, 11) is 0. The minimum Gasteiger partial charge on any atom is -0.467 e. The summed E-state index contributed by atoms with van der Waals surface area (Å²) in [4.78, 5) is 3.82. The molecule has 94 valence electrons. The van der Waals surface area contributed by atoms with Crippen molar-refractivity contribution < 1.29 is 17.9 Å². The number of ether oxygens (including phenoxy) is 1. The number of rotatable bonds is 3.